The molecule has 1 aromatic carbocycles. The van der Waals surface area contributed by atoms with Crippen LogP contribution in [0.1, 0.15) is 33.1 Å². The molecule has 37 heavy (non-hydrogen) atoms. The monoisotopic (exact) mass is 595 g/mol. The van der Waals surface area contributed by atoms with E-state index in [4.69, 9.17) is 4.74 Å². The molecule has 0 bridgehead atoms. The van der Waals surface area contributed by atoms with Crippen LogP contribution in [-0.2, 0) is 23.6 Å². The van der Waals surface area contributed by atoms with Crippen molar-refractivity contribution in [3.05, 3.63) is 43.5 Å². The standard InChI is InChI=1S/C25H34BrN5O5S/c1-5-10-31-23-20(26)21(27-22(23)24(32)29(4)25(31)33)18-16-17(8-9-19(18)36-15-6-2)37(34,35)30-12-7-11-28(3)13-14-30/h8-9,16,27H,5-7,10-15H2,1-4H3. The van der Waals surface area contributed by atoms with Crippen LogP contribution in [0.3, 0.4) is 0 Å². The predicted octanol–water partition coefficient (Wildman–Crippen LogP) is 2.98. The number of fused-ring (bicyclic) bond motifs is 1. The van der Waals surface area contributed by atoms with Crippen LogP contribution in [0.2, 0.25) is 0 Å². The fourth-order valence-corrected chi connectivity index (χ4v) is 6.86. The number of H-pyrrole nitrogens is 1. The van der Waals surface area contributed by atoms with E-state index in [0.717, 1.165) is 24.0 Å². The number of hydrogen-bond acceptors (Lipinski definition) is 6. The van der Waals surface area contributed by atoms with Gasteiger partial charge >= 0.3 is 5.69 Å². The van der Waals surface area contributed by atoms with Crippen LogP contribution in [0.25, 0.3) is 22.3 Å². The van der Waals surface area contributed by atoms with Gasteiger partial charge in [0.2, 0.25) is 10.0 Å². The van der Waals surface area contributed by atoms with Crippen LogP contribution in [-0.4, -0.2) is 71.6 Å². The first kappa shape index (κ1) is 27.6. The van der Waals surface area contributed by atoms with E-state index in [1.165, 1.54) is 11.4 Å². The quantitative estimate of drug-likeness (QED) is 0.429. The van der Waals surface area contributed by atoms with Gasteiger partial charge in [-0.15, -0.1) is 0 Å². The van der Waals surface area contributed by atoms with Gasteiger partial charge in [-0.2, -0.15) is 4.31 Å². The van der Waals surface area contributed by atoms with E-state index in [1.54, 1.807) is 22.8 Å². The number of halogens is 1. The second-order valence-electron chi connectivity index (χ2n) is 9.40. The molecule has 1 fully saturated rings. The van der Waals surface area contributed by atoms with Gasteiger partial charge in [0.05, 0.1) is 27.2 Å². The molecule has 0 amide bonds. The molecule has 0 aliphatic carbocycles. The minimum atomic E-state index is -3.76. The largest absolute Gasteiger partial charge is 0.493 e. The molecule has 0 spiro atoms. The molecule has 1 aliphatic rings. The van der Waals surface area contributed by atoms with Gasteiger partial charge in [-0.3, -0.25) is 13.9 Å². The fraction of sp³-hybridized carbons (Fsp3) is 0.520. The summed E-state index contributed by atoms with van der Waals surface area (Å²) in [6.07, 6.45) is 2.22. The number of ether oxygens (including phenoxy) is 1. The Kier molecular flexibility index (Phi) is 8.32. The lowest BCUT2D eigenvalue weighted by atomic mass is 10.1. The predicted molar refractivity (Wildman–Crippen MR) is 148 cm³/mol. The zero-order valence-electron chi connectivity index (χ0n) is 21.7. The molecule has 2 aromatic heterocycles. The molecule has 4 rings (SSSR count). The first-order valence-electron chi connectivity index (χ1n) is 12.6. The van der Waals surface area contributed by atoms with E-state index < -0.39 is 21.3 Å². The number of hydrogen-bond donors (Lipinski definition) is 1. The van der Waals surface area contributed by atoms with Gasteiger partial charge in [0.25, 0.3) is 5.56 Å². The van der Waals surface area contributed by atoms with Gasteiger partial charge < -0.3 is 14.6 Å². The lowest BCUT2D eigenvalue weighted by molar-refractivity contribution is 0.318. The van der Waals surface area contributed by atoms with Crippen molar-refractivity contribution in [2.45, 2.75) is 44.6 Å². The number of likely N-dealkylation sites (N-methyl/N-ethyl adjacent to an activating group) is 1. The molecule has 1 saturated heterocycles. The number of sulfonamides is 1. The van der Waals surface area contributed by atoms with E-state index in [1.807, 2.05) is 20.9 Å². The van der Waals surface area contributed by atoms with E-state index in [0.29, 0.717) is 66.2 Å². The first-order valence-corrected chi connectivity index (χ1v) is 14.8. The molecule has 0 saturated carbocycles. The number of nitrogens with zero attached hydrogens (tertiary/aromatic N) is 4. The van der Waals surface area contributed by atoms with Gasteiger partial charge in [-0.05, 0) is 67.0 Å². The molecule has 10 nitrogen and oxygen atoms in total. The van der Waals surface area contributed by atoms with Crippen LogP contribution in [0, 0.1) is 0 Å². The summed E-state index contributed by atoms with van der Waals surface area (Å²) in [4.78, 5) is 31.4. The van der Waals surface area contributed by atoms with Crippen molar-refractivity contribution in [3.63, 3.8) is 0 Å². The van der Waals surface area contributed by atoms with E-state index >= 15 is 0 Å². The van der Waals surface area contributed by atoms with Crippen LogP contribution >= 0.6 is 15.9 Å². The van der Waals surface area contributed by atoms with Crippen LogP contribution in [0.15, 0.2) is 37.2 Å². The molecule has 202 valence electrons. The summed E-state index contributed by atoms with van der Waals surface area (Å²) in [6, 6.07) is 4.83. The van der Waals surface area contributed by atoms with Gasteiger partial charge in [0.15, 0.2) is 0 Å². The molecule has 0 unspecified atom stereocenters. The highest BCUT2D eigenvalue weighted by Gasteiger charge is 2.29. The highest BCUT2D eigenvalue weighted by molar-refractivity contribution is 9.10. The molecule has 12 heteroatoms. The van der Waals surface area contributed by atoms with Crippen molar-refractivity contribution in [2.24, 2.45) is 7.05 Å². The molecular weight excluding hydrogens is 562 g/mol. The van der Waals surface area contributed by atoms with Gasteiger partial charge in [0.1, 0.15) is 11.3 Å². The van der Waals surface area contributed by atoms with Crippen molar-refractivity contribution in [1.82, 2.24) is 23.3 Å². The average molecular weight is 597 g/mol. The third-order valence-corrected chi connectivity index (χ3v) is 9.33. The molecule has 1 N–H and O–H groups in total. The Bertz CT molecular complexity index is 1520. The minimum Gasteiger partial charge on any atom is -0.493 e. The lowest BCUT2D eigenvalue weighted by Gasteiger charge is -2.21. The number of aromatic amines is 1. The molecule has 3 aromatic rings. The highest BCUT2D eigenvalue weighted by Crippen LogP contribution is 2.39. The maximum atomic E-state index is 13.6. The Labute approximate surface area is 225 Å². The second-order valence-corrected chi connectivity index (χ2v) is 12.1. The highest BCUT2D eigenvalue weighted by atomic mass is 79.9. The summed E-state index contributed by atoms with van der Waals surface area (Å²) in [5, 5.41) is 0. The van der Waals surface area contributed by atoms with Crippen LogP contribution < -0.4 is 16.0 Å². The van der Waals surface area contributed by atoms with Crippen molar-refractivity contribution >= 4 is 37.0 Å². The van der Waals surface area contributed by atoms with Gasteiger partial charge in [0, 0.05) is 38.8 Å². The van der Waals surface area contributed by atoms with Crippen molar-refractivity contribution < 1.29 is 13.2 Å². The summed E-state index contributed by atoms with van der Waals surface area (Å²) in [7, 11) is -0.316. The summed E-state index contributed by atoms with van der Waals surface area (Å²) in [5.74, 6) is 0.491. The fourth-order valence-electron chi connectivity index (χ4n) is 4.64. The Morgan fingerprint density at radius 3 is 2.51 bits per heavy atom. The smallest absolute Gasteiger partial charge is 0.331 e. The average Bonchev–Trinajstić information content (AvgIpc) is 3.05. The zero-order valence-corrected chi connectivity index (χ0v) is 24.1. The number of nitrogens with one attached hydrogen (secondary N) is 1. The van der Waals surface area contributed by atoms with Crippen molar-refractivity contribution in [2.75, 3.05) is 39.8 Å². The minimum absolute atomic E-state index is 0.153. The summed E-state index contributed by atoms with van der Waals surface area (Å²) in [6.45, 7) is 7.18. The molecular formula is C25H34BrN5O5S. The Hall–Kier alpha value is -2.41. The van der Waals surface area contributed by atoms with Crippen molar-refractivity contribution in [1.29, 1.82) is 0 Å². The van der Waals surface area contributed by atoms with E-state index in [-0.39, 0.29) is 10.4 Å². The summed E-state index contributed by atoms with van der Waals surface area (Å²) >= 11 is 3.61. The summed E-state index contributed by atoms with van der Waals surface area (Å²) in [5.41, 5.74) is 0.851. The Balaban J connectivity index is 1.93. The lowest BCUT2D eigenvalue weighted by Crippen LogP contribution is -2.38. The number of aromatic nitrogens is 3. The van der Waals surface area contributed by atoms with E-state index in [2.05, 4.69) is 25.8 Å². The number of aryl methyl sites for hydroxylation is 1. The van der Waals surface area contributed by atoms with Gasteiger partial charge in [-0.25, -0.2) is 13.2 Å². The molecule has 3 heterocycles. The zero-order chi connectivity index (χ0) is 26.9. The number of rotatable bonds is 8. The topological polar surface area (TPSA) is 110 Å². The molecule has 0 radical (unpaired) electrons. The summed E-state index contributed by atoms with van der Waals surface area (Å²) < 4.78 is 37.9. The van der Waals surface area contributed by atoms with E-state index in [9.17, 15) is 18.0 Å². The molecule has 1 aliphatic heterocycles. The Morgan fingerprint density at radius 1 is 1.05 bits per heavy atom. The third-order valence-electron chi connectivity index (χ3n) is 6.67. The van der Waals surface area contributed by atoms with Crippen LogP contribution in [0.4, 0.5) is 0 Å². The SMILES string of the molecule is CCCOc1ccc(S(=O)(=O)N2CCCN(C)CC2)cc1-c1[nH]c2c(=O)n(C)c(=O)n(CCC)c2c1Br. The Morgan fingerprint density at radius 2 is 1.81 bits per heavy atom. The first-order chi connectivity index (χ1) is 17.6. The maximum absolute atomic E-state index is 13.6. The van der Waals surface area contributed by atoms with Gasteiger partial charge in [-0.1, -0.05) is 13.8 Å². The van der Waals surface area contributed by atoms with Crippen LogP contribution in [0.5, 0.6) is 5.75 Å². The maximum Gasteiger partial charge on any atom is 0.331 e. The number of benzene rings is 1. The normalized spacial score (nSPS) is 15.8. The second kappa shape index (κ2) is 11.1. The third kappa shape index (κ3) is 5.16. The van der Waals surface area contributed by atoms with Crippen molar-refractivity contribution in [3.8, 4) is 17.0 Å². The molecule has 0 atom stereocenters.